The van der Waals surface area contributed by atoms with Gasteiger partial charge in [-0.2, -0.15) is 114 Å². The monoisotopic (exact) mass is 1920 g/mol. The van der Waals surface area contributed by atoms with E-state index in [2.05, 4.69) is 70.3 Å². The van der Waals surface area contributed by atoms with Crippen LogP contribution >= 0.6 is 0 Å². The Labute approximate surface area is 660 Å². The second-order valence-corrected chi connectivity index (χ2v) is 44.6. The zero-order chi connectivity index (χ0) is 89.5. The molecule has 660 valence electrons. The summed E-state index contributed by atoms with van der Waals surface area (Å²) in [5.74, 6) is -3.39. The van der Waals surface area contributed by atoms with Gasteiger partial charge in [0, 0.05) is 0 Å². The third-order valence-electron chi connectivity index (χ3n) is 12.6. The quantitative estimate of drug-likeness (QED) is 0.0677. The van der Waals surface area contributed by atoms with E-state index in [-0.39, 0.29) is 11.1 Å². The fourth-order valence-electron chi connectivity index (χ4n) is 8.45. The predicted molar refractivity (Wildman–Crippen MR) is 366 cm³/mol. The van der Waals surface area contributed by atoms with Gasteiger partial charge in [-0.05, 0) is 45.7 Å². The van der Waals surface area contributed by atoms with Crippen LogP contribution in [0.25, 0.3) is 0 Å². The lowest BCUT2D eigenvalue weighted by Crippen LogP contribution is -2.46. The van der Waals surface area contributed by atoms with Crippen LogP contribution < -0.4 is 0 Å². The molecule has 8 rings (SSSR count). The fourth-order valence-corrected chi connectivity index (χ4v) is 26.3. The van der Waals surface area contributed by atoms with Crippen molar-refractivity contribution < 1.29 is 226 Å². The molecule has 10 unspecified atom stereocenters. The highest BCUT2D eigenvalue weighted by Gasteiger charge is 2.53. The number of methoxy groups -OCH3 is 3. The summed E-state index contributed by atoms with van der Waals surface area (Å²) in [6, 6.07) is 15.5. The summed E-state index contributed by atoms with van der Waals surface area (Å²) in [6.45, 7) is 2.96. The van der Waals surface area contributed by atoms with Gasteiger partial charge in [-0.25, -0.2) is 41.5 Å². The number of ether oxygens (including phenoxy) is 6. The van der Waals surface area contributed by atoms with Crippen molar-refractivity contribution in [3.8, 4) is 24.7 Å². The van der Waals surface area contributed by atoms with Crippen molar-refractivity contribution in [2.45, 2.75) is 113 Å². The van der Waals surface area contributed by atoms with Gasteiger partial charge in [-0.15, -0.1) is 12.8 Å². The molecule has 6 aliphatic rings. The normalized spacial score (nSPS) is 28.6. The maximum Gasteiger partial charge on any atom is 0.422 e. The van der Waals surface area contributed by atoms with Crippen molar-refractivity contribution in [2.75, 3.05) is 71.7 Å². The number of alkyl halides is 4. The molecule has 6 saturated heterocycles. The van der Waals surface area contributed by atoms with E-state index < -0.39 is 286 Å². The van der Waals surface area contributed by atoms with Crippen LogP contribution in [0.4, 0.5) is 17.6 Å². The van der Waals surface area contributed by atoms with Crippen LogP contribution in [-0.2, 0) is 229 Å². The summed E-state index contributed by atoms with van der Waals surface area (Å²) >= 11 is 0. The first kappa shape index (κ1) is 103. The van der Waals surface area contributed by atoms with Gasteiger partial charge in [0.25, 0.3) is 128 Å². The number of carbonyl (C=O) groups is 6. The maximum atomic E-state index is 13.1. The number of hydrogen-bond donors (Lipinski definition) is 0. The number of benzene rings is 2. The van der Waals surface area contributed by atoms with Crippen molar-refractivity contribution in [2.24, 2.45) is 0 Å². The molecule has 64 heteroatoms. The fraction of sp³-hybridized carbons (Fsp3) is 0.577. The highest BCUT2D eigenvalue weighted by atomic mass is 32.3. The molecule has 0 saturated carbocycles. The van der Waals surface area contributed by atoms with E-state index in [1.54, 1.807) is 36.4 Å². The van der Waals surface area contributed by atoms with Gasteiger partial charge in [0.1, 0.15) is 29.5 Å². The molecule has 116 heavy (non-hydrogen) atoms. The van der Waals surface area contributed by atoms with Crippen molar-refractivity contribution in [1.29, 1.82) is 0 Å². The summed E-state index contributed by atoms with van der Waals surface area (Å²) in [5, 5.41) is -8.58. The second kappa shape index (κ2) is 39.9. The molecule has 0 N–H and O–H groups in total. The summed E-state index contributed by atoms with van der Waals surface area (Å²) in [5.41, 5.74) is -2.91. The molecule has 0 bridgehead atoms. The lowest BCUT2D eigenvalue weighted by Gasteiger charge is -2.27. The van der Waals surface area contributed by atoms with Gasteiger partial charge in [0.2, 0.25) is 67.1 Å². The molecule has 0 aliphatic carbocycles. The Morgan fingerprint density at radius 3 is 1.01 bits per heavy atom. The molecule has 0 amide bonds. The number of hydrogen-bond acceptors (Lipinski definition) is 48. The van der Waals surface area contributed by atoms with E-state index >= 15 is 0 Å². The van der Waals surface area contributed by atoms with Crippen molar-refractivity contribution in [3.63, 3.8) is 0 Å². The van der Waals surface area contributed by atoms with Gasteiger partial charge in [0.15, 0.2) is 19.8 Å². The Morgan fingerprint density at radius 1 is 0.379 bits per heavy atom. The molecule has 2 aromatic rings. The molecule has 6 heterocycles. The minimum Gasteiger partial charge on any atom is -0.467 e. The van der Waals surface area contributed by atoms with Gasteiger partial charge < -0.3 is 28.4 Å². The van der Waals surface area contributed by atoms with Gasteiger partial charge in [-0.3, -0.25) is 41.8 Å². The summed E-state index contributed by atoms with van der Waals surface area (Å²) < 4.78 is 401. The number of rotatable bonds is 11. The summed E-state index contributed by atoms with van der Waals surface area (Å²) in [7, 11) is -51.1. The molecule has 0 radical (unpaired) electrons. The van der Waals surface area contributed by atoms with Crippen LogP contribution in [0.5, 0.6) is 0 Å². The van der Waals surface area contributed by atoms with E-state index in [1.807, 2.05) is 11.8 Å². The van der Waals surface area contributed by atoms with Crippen LogP contribution in [0.2, 0.25) is 0 Å². The zero-order valence-electron chi connectivity index (χ0n) is 59.6. The molecule has 48 nitrogen and oxygen atoms in total. The Hall–Kier alpha value is -6.98. The minimum absolute atomic E-state index is 0.232. The van der Waals surface area contributed by atoms with Crippen LogP contribution in [0.1, 0.15) is 58.0 Å². The number of terminal acetylenes is 2. The van der Waals surface area contributed by atoms with E-state index in [4.69, 9.17) is 21.2 Å². The molecule has 0 spiro atoms. The van der Waals surface area contributed by atoms with Crippen LogP contribution in [-0.4, -0.2) is 275 Å². The largest absolute Gasteiger partial charge is 0.467 e. The number of halogens is 4. The molecule has 2 aromatic carbocycles. The SMILES string of the molecule is C#CCOC(=O)C1OS(=O)(=O)CS(=O)(=O)OC1(C)C.C#CCOC(=O)C1OS(=O)(=O)CS(=O)(=O)OC1c1ccccc1.CC1OS(=O)(=O)CS(=O)(=O)OC1C(=O)OCC(F)(F)F.COC(=O)C1OS(=O)(=O)CS(=O)(=O)OC1(C)C.COC(=O)C1OS(=O)(=O)CS(=O)(=O)OC1F.COC(=O)C1OS(=O)(=O)CS(=O)(=O)OC1c1ccccc1. The lowest BCUT2D eigenvalue weighted by atomic mass is 10.0. The molecule has 10 atom stereocenters. The summed E-state index contributed by atoms with van der Waals surface area (Å²) in [4.78, 5) is 68.9. The van der Waals surface area contributed by atoms with Crippen molar-refractivity contribution in [3.05, 3.63) is 71.8 Å². The molecule has 6 fully saturated rings. The zero-order valence-corrected chi connectivity index (χ0v) is 69.4. The Balaban J connectivity index is 0.000000362. The maximum absolute atomic E-state index is 13.1. The third kappa shape index (κ3) is 34.4. The second-order valence-electron chi connectivity index (χ2n) is 23.3. The first-order chi connectivity index (χ1) is 52.4. The average molecular weight is 1920 g/mol. The van der Waals surface area contributed by atoms with E-state index in [0.29, 0.717) is 0 Å². The lowest BCUT2D eigenvalue weighted by molar-refractivity contribution is -0.192. The smallest absolute Gasteiger partial charge is 0.422 e. The first-order valence-corrected chi connectivity index (χ1v) is 48.7. The number of esters is 6. The van der Waals surface area contributed by atoms with Gasteiger partial charge in [0.05, 0.1) is 21.3 Å². The predicted octanol–water partition coefficient (Wildman–Crippen LogP) is -4.19. The number of carbonyl (C=O) groups excluding carboxylic acids is 6. The van der Waals surface area contributed by atoms with Gasteiger partial charge >= 0.3 is 42.0 Å². The van der Waals surface area contributed by atoms with Crippen LogP contribution in [0.15, 0.2) is 60.7 Å². The van der Waals surface area contributed by atoms with Crippen molar-refractivity contribution in [1.82, 2.24) is 0 Å². The summed E-state index contributed by atoms with van der Waals surface area (Å²) in [6.07, 6.45) is -13.8. The Morgan fingerprint density at radius 2 is 0.655 bits per heavy atom. The van der Waals surface area contributed by atoms with E-state index in [1.165, 1.54) is 52.0 Å². The van der Waals surface area contributed by atoms with E-state index in [9.17, 15) is 147 Å². The minimum atomic E-state index is -4.82. The Bertz CT molecular complexity index is 5480. The molecular formula is C52H64F4O48S12. The van der Waals surface area contributed by atoms with E-state index in [0.717, 1.165) is 28.3 Å². The van der Waals surface area contributed by atoms with Gasteiger partial charge in [-0.1, -0.05) is 72.5 Å². The Kier molecular flexibility index (Phi) is 35.5. The van der Waals surface area contributed by atoms with Crippen molar-refractivity contribution >= 4 is 157 Å². The van der Waals surface area contributed by atoms with Crippen LogP contribution in [0.3, 0.4) is 0 Å². The first-order valence-electron chi connectivity index (χ1n) is 29.8. The highest BCUT2D eigenvalue weighted by molar-refractivity contribution is 8.06. The molecule has 6 aliphatic heterocycles. The standard InChI is InChI=1S/C13H12O8S2.C11H12O8S2.C9H12O8S2.C7H9F3O8S2.C7H12O8S2.C5H7FO8S2/c1-2-8-19-13(14)12-11(10-6-4-3-5-7-10)20-22(15,16)9-23(17,18)21-12;1-17-11(12)10-9(8-5-3-2-4-6-8)18-20(13,14)7-21(15,16)19-10;1-4-5-15-8(10)7-9(2,3)17-19(13,14)6-18(11,12)16-7;1-4-5(6(11)16-2-7(8,9)10)18-20(14,15)3-19(12,13)17-4;1-7(2)5(6(8)13-3)14-16(9,10)4-17(11,12)15-7;1-12-5(7)3-4(6)14-16(10,11)2-15(8,9)13-3/h1,3-7,11-12H,8-9H2;2-6,9-10H,7H2,1H3;1,7H,5-6H2,2-3H3;4-5H,2-3H2,1H3;5H,4H2,1-3H3;3-4H,2H2,1H3. The highest BCUT2D eigenvalue weighted by Crippen LogP contribution is 2.35. The van der Waals surface area contributed by atoms with Crippen LogP contribution in [0, 0.1) is 24.7 Å². The molecule has 0 aromatic heterocycles. The molecular weight excluding hydrogens is 1850 g/mol. The average Bonchev–Trinajstić information content (AvgIpc) is 1.67. The third-order valence-corrected chi connectivity index (χ3v) is 32.9. The topological polar surface area (TPSA) is 678 Å².